The predicted octanol–water partition coefficient (Wildman–Crippen LogP) is 3.33. The lowest BCUT2D eigenvalue weighted by Gasteiger charge is -2.29. The number of nitrogens with one attached hydrogen (secondary N) is 2. The second kappa shape index (κ2) is 8.98. The topological polar surface area (TPSA) is 117 Å². The number of ether oxygens (including phenoxy) is 1. The van der Waals surface area contributed by atoms with Crippen molar-refractivity contribution in [2.75, 3.05) is 19.0 Å². The summed E-state index contributed by atoms with van der Waals surface area (Å²) in [4.78, 5) is 39.4. The van der Waals surface area contributed by atoms with Crippen LogP contribution in [-0.2, 0) is 17.7 Å². The Balaban J connectivity index is 1.33. The third-order valence-electron chi connectivity index (χ3n) is 5.96. The SMILES string of the molecule is COC(=O)c1cc(NC(=O)c2ccc3c(c2)CN(C(=O)c2ccc4n[nH]nc4c2)CC3)ccc1F. The quantitative estimate of drug-likeness (QED) is 0.439. The molecule has 2 heterocycles. The fourth-order valence-electron chi connectivity index (χ4n) is 4.10. The van der Waals surface area contributed by atoms with Crippen LogP contribution in [0.1, 0.15) is 42.2 Å². The zero-order valence-corrected chi connectivity index (χ0v) is 18.7. The second-order valence-corrected chi connectivity index (χ2v) is 8.13. The van der Waals surface area contributed by atoms with E-state index in [9.17, 15) is 18.8 Å². The lowest BCUT2D eigenvalue weighted by atomic mass is 9.96. The average molecular weight is 473 g/mol. The molecule has 176 valence electrons. The molecule has 35 heavy (non-hydrogen) atoms. The summed E-state index contributed by atoms with van der Waals surface area (Å²) in [5, 5.41) is 13.3. The molecule has 0 spiro atoms. The first-order chi connectivity index (χ1) is 16.9. The molecule has 0 radical (unpaired) electrons. The molecule has 0 unspecified atom stereocenters. The summed E-state index contributed by atoms with van der Waals surface area (Å²) in [6.07, 6.45) is 0.662. The van der Waals surface area contributed by atoms with Gasteiger partial charge in [-0.15, -0.1) is 0 Å². The number of anilines is 1. The molecule has 0 aliphatic carbocycles. The Labute approximate surface area is 198 Å². The van der Waals surface area contributed by atoms with Gasteiger partial charge in [0.2, 0.25) is 0 Å². The Morgan fingerprint density at radius 3 is 2.60 bits per heavy atom. The van der Waals surface area contributed by atoms with Crippen LogP contribution in [0.2, 0.25) is 0 Å². The number of benzene rings is 3. The van der Waals surface area contributed by atoms with Gasteiger partial charge in [-0.2, -0.15) is 15.4 Å². The highest BCUT2D eigenvalue weighted by Crippen LogP contribution is 2.24. The molecular weight excluding hydrogens is 453 g/mol. The number of methoxy groups -OCH3 is 1. The van der Waals surface area contributed by atoms with E-state index in [4.69, 9.17) is 0 Å². The Kier molecular flexibility index (Phi) is 5.69. The molecule has 0 saturated carbocycles. The number of carbonyl (C=O) groups is 3. The molecule has 0 atom stereocenters. The monoisotopic (exact) mass is 473 g/mol. The minimum Gasteiger partial charge on any atom is -0.465 e. The van der Waals surface area contributed by atoms with E-state index in [1.807, 2.05) is 6.07 Å². The van der Waals surface area contributed by atoms with Crippen LogP contribution in [0.15, 0.2) is 54.6 Å². The first-order valence-corrected chi connectivity index (χ1v) is 10.8. The summed E-state index contributed by atoms with van der Waals surface area (Å²) in [6.45, 7) is 0.912. The number of esters is 1. The van der Waals surface area contributed by atoms with Gasteiger partial charge in [-0.05, 0) is 66.1 Å². The highest BCUT2D eigenvalue weighted by Gasteiger charge is 2.23. The van der Waals surface area contributed by atoms with Gasteiger partial charge in [-0.25, -0.2) is 9.18 Å². The maximum absolute atomic E-state index is 13.9. The highest BCUT2D eigenvalue weighted by molar-refractivity contribution is 6.05. The number of carbonyl (C=O) groups excluding carboxylic acids is 3. The van der Waals surface area contributed by atoms with Crippen molar-refractivity contribution in [1.29, 1.82) is 0 Å². The van der Waals surface area contributed by atoms with E-state index < -0.39 is 17.7 Å². The number of amides is 2. The molecule has 3 aromatic carbocycles. The standard InChI is InChI=1S/C25H20FN5O4/c1-35-25(34)19-12-18(5-6-20(19)26)27-23(32)15-3-2-14-8-9-31(13-17(14)10-15)24(33)16-4-7-21-22(11-16)29-30-28-21/h2-7,10-12H,8-9,13H2,1H3,(H,27,32)(H,28,29,30). The van der Waals surface area contributed by atoms with Gasteiger partial charge in [0, 0.05) is 29.9 Å². The molecule has 1 aromatic heterocycles. The lowest BCUT2D eigenvalue weighted by molar-refractivity contribution is 0.0595. The maximum Gasteiger partial charge on any atom is 0.340 e. The van der Waals surface area contributed by atoms with E-state index >= 15 is 0 Å². The molecule has 0 saturated heterocycles. The van der Waals surface area contributed by atoms with Crippen LogP contribution in [0, 0.1) is 5.82 Å². The molecular formula is C25H20FN5O4. The Hall–Kier alpha value is -4.60. The number of nitrogens with zero attached hydrogens (tertiary/aromatic N) is 3. The van der Waals surface area contributed by atoms with Crippen LogP contribution in [0.4, 0.5) is 10.1 Å². The number of aromatic nitrogens is 3. The van der Waals surface area contributed by atoms with Crippen LogP contribution in [-0.4, -0.2) is 51.7 Å². The third-order valence-corrected chi connectivity index (χ3v) is 5.96. The predicted molar refractivity (Wildman–Crippen MR) is 124 cm³/mol. The molecule has 1 aliphatic heterocycles. The van der Waals surface area contributed by atoms with Crippen LogP contribution in [0.5, 0.6) is 0 Å². The molecule has 10 heteroatoms. The van der Waals surface area contributed by atoms with Gasteiger partial charge >= 0.3 is 5.97 Å². The number of H-pyrrole nitrogens is 1. The number of aromatic amines is 1. The molecule has 1 aliphatic rings. The summed E-state index contributed by atoms with van der Waals surface area (Å²) < 4.78 is 18.5. The van der Waals surface area contributed by atoms with E-state index in [0.29, 0.717) is 41.7 Å². The van der Waals surface area contributed by atoms with Crippen molar-refractivity contribution in [2.45, 2.75) is 13.0 Å². The van der Waals surface area contributed by atoms with Crippen LogP contribution < -0.4 is 5.32 Å². The van der Waals surface area contributed by atoms with Crippen molar-refractivity contribution in [3.8, 4) is 0 Å². The average Bonchev–Trinajstić information content (AvgIpc) is 3.36. The summed E-state index contributed by atoms with van der Waals surface area (Å²) in [7, 11) is 1.15. The van der Waals surface area contributed by atoms with Crippen molar-refractivity contribution in [1.82, 2.24) is 20.3 Å². The first kappa shape index (κ1) is 22.2. The zero-order valence-electron chi connectivity index (χ0n) is 18.7. The molecule has 0 fully saturated rings. The van der Waals surface area contributed by atoms with E-state index in [2.05, 4.69) is 25.5 Å². The molecule has 4 aromatic rings. The smallest absolute Gasteiger partial charge is 0.340 e. The Bertz CT molecular complexity index is 1480. The molecule has 5 rings (SSSR count). The van der Waals surface area contributed by atoms with Gasteiger partial charge < -0.3 is 15.0 Å². The second-order valence-electron chi connectivity index (χ2n) is 8.13. The number of hydrogen-bond donors (Lipinski definition) is 2. The minimum absolute atomic E-state index is 0.128. The van der Waals surface area contributed by atoms with Crippen LogP contribution in [0.3, 0.4) is 0 Å². The molecule has 9 nitrogen and oxygen atoms in total. The normalized spacial score (nSPS) is 12.8. The number of hydrogen-bond acceptors (Lipinski definition) is 6. The fraction of sp³-hybridized carbons (Fsp3) is 0.160. The largest absolute Gasteiger partial charge is 0.465 e. The van der Waals surface area contributed by atoms with Crippen molar-refractivity contribution < 1.29 is 23.5 Å². The fourth-order valence-corrected chi connectivity index (χ4v) is 4.10. The van der Waals surface area contributed by atoms with Crippen molar-refractivity contribution in [2.24, 2.45) is 0 Å². The highest BCUT2D eigenvalue weighted by atomic mass is 19.1. The number of rotatable bonds is 4. The molecule has 2 amide bonds. The Morgan fingerprint density at radius 1 is 0.971 bits per heavy atom. The van der Waals surface area contributed by atoms with Gasteiger partial charge in [-0.1, -0.05) is 6.07 Å². The molecule has 0 bridgehead atoms. The van der Waals surface area contributed by atoms with Gasteiger partial charge in [0.25, 0.3) is 11.8 Å². The van der Waals surface area contributed by atoms with E-state index in [1.165, 1.54) is 12.1 Å². The van der Waals surface area contributed by atoms with Gasteiger partial charge in [0.15, 0.2) is 0 Å². The van der Waals surface area contributed by atoms with Crippen molar-refractivity contribution in [3.05, 3.63) is 88.2 Å². The maximum atomic E-state index is 13.9. The van der Waals surface area contributed by atoms with E-state index in [0.717, 1.165) is 24.3 Å². The lowest BCUT2D eigenvalue weighted by Crippen LogP contribution is -2.36. The zero-order chi connectivity index (χ0) is 24.5. The van der Waals surface area contributed by atoms with Gasteiger partial charge in [0.05, 0.1) is 12.7 Å². The van der Waals surface area contributed by atoms with E-state index in [1.54, 1.807) is 35.2 Å². The number of halogens is 1. The molecule has 2 N–H and O–H groups in total. The van der Waals surface area contributed by atoms with Crippen LogP contribution in [0.25, 0.3) is 11.0 Å². The van der Waals surface area contributed by atoms with Crippen molar-refractivity contribution >= 4 is 34.5 Å². The van der Waals surface area contributed by atoms with Crippen LogP contribution >= 0.6 is 0 Å². The summed E-state index contributed by atoms with van der Waals surface area (Å²) >= 11 is 0. The van der Waals surface area contributed by atoms with E-state index in [-0.39, 0.29) is 17.2 Å². The summed E-state index contributed by atoms with van der Waals surface area (Å²) in [6, 6.07) is 14.2. The third kappa shape index (κ3) is 4.33. The first-order valence-electron chi connectivity index (χ1n) is 10.8. The summed E-state index contributed by atoms with van der Waals surface area (Å²) in [5.41, 5.74) is 4.11. The van der Waals surface area contributed by atoms with Gasteiger partial charge in [0.1, 0.15) is 16.9 Å². The van der Waals surface area contributed by atoms with Crippen molar-refractivity contribution in [3.63, 3.8) is 0 Å². The van der Waals surface area contributed by atoms with Gasteiger partial charge in [-0.3, -0.25) is 9.59 Å². The Morgan fingerprint density at radius 2 is 1.77 bits per heavy atom. The number of fused-ring (bicyclic) bond motifs is 2. The summed E-state index contributed by atoms with van der Waals surface area (Å²) in [5.74, 6) is -2.12. The minimum atomic E-state index is -0.833.